The highest BCUT2D eigenvalue weighted by atomic mass is 16.5. The summed E-state index contributed by atoms with van der Waals surface area (Å²) in [5.41, 5.74) is 2.84. The topological polar surface area (TPSA) is 52.1 Å². The molecule has 0 spiro atoms. The lowest BCUT2D eigenvalue weighted by Gasteiger charge is -2.05. The van der Waals surface area contributed by atoms with Crippen LogP contribution in [0.25, 0.3) is 0 Å². The molecule has 0 N–H and O–H groups in total. The zero-order chi connectivity index (χ0) is 17.9. The van der Waals surface area contributed by atoms with Crippen LogP contribution in [0.15, 0.2) is 36.7 Å². The first-order valence-corrected chi connectivity index (χ1v) is 9.35. The first-order chi connectivity index (χ1) is 12.2. The lowest BCUT2D eigenvalue weighted by atomic mass is 10.1. The van der Waals surface area contributed by atoms with E-state index in [4.69, 9.17) is 4.74 Å². The van der Waals surface area contributed by atoms with Gasteiger partial charge in [-0.15, -0.1) is 0 Å². The number of unbranched alkanes of at least 4 members (excludes halogenated alkanes) is 4. The number of aryl methyl sites for hydroxylation is 2. The van der Waals surface area contributed by atoms with Gasteiger partial charge in [-0.3, -0.25) is 0 Å². The van der Waals surface area contributed by atoms with Crippen LogP contribution in [0.2, 0.25) is 0 Å². The van der Waals surface area contributed by atoms with Gasteiger partial charge in [0.25, 0.3) is 0 Å². The molecular weight excluding hydrogens is 312 g/mol. The molecule has 0 atom stereocenters. The fourth-order valence-electron chi connectivity index (χ4n) is 2.63. The minimum Gasteiger partial charge on any atom is -0.387 e. The van der Waals surface area contributed by atoms with Crippen molar-refractivity contribution in [2.45, 2.75) is 65.2 Å². The van der Waals surface area contributed by atoms with Gasteiger partial charge in [0.15, 0.2) is 0 Å². The molecule has 1 aromatic heterocycles. The maximum atomic E-state index is 12.2. The molecule has 4 heteroatoms. The van der Waals surface area contributed by atoms with Crippen molar-refractivity contribution in [2.24, 2.45) is 0 Å². The number of carbonyl (C=O) groups is 1. The molecule has 1 aromatic carbocycles. The van der Waals surface area contributed by atoms with Crippen LogP contribution in [0, 0.1) is 0 Å². The summed E-state index contributed by atoms with van der Waals surface area (Å²) < 4.78 is 5.26. The standard InChI is InChI=1S/C21H28N2O2/c1-3-5-7-9-17-11-13-19(14-12-17)20(24)25-21-22-15-18(16-23-21)10-8-6-4-2/h11-16H,3-10H2,1-2H3. The fourth-order valence-corrected chi connectivity index (χ4v) is 2.63. The maximum absolute atomic E-state index is 12.2. The Balaban J connectivity index is 1.86. The average Bonchev–Trinajstić information content (AvgIpc) is 2.64. The number of aromatic nitrogens is 2. The van der Waals surface area contributed by atoms with Gasteiger partial charge in [-0.1, -0.05) is 51.7 Å². The Morgan fingerprint density at radius 1 is 0.840 bits per heavy atom. The van der Waals surface area contributed by atoms with E-state index in [2.05, 4.69) is 23.8 Å². The molecule has 1 heterocycles. The van der Waals surface area contributed by atoms with Crippen LogP contribution < -0.4 is 4.74 Å². The molecule has 0 bridgehead atoms. The van der Waals surface area contributed by atoms with Crippen molar-refractivity contribution in [1.82, 2.24) is 9.97 Å². The van der Waals surface area contributed by atoms with E-state index in [1.807, 2.05) is 24.3 Å². The molecule has 0 amide bonds. The molecule has 2 aromatic rings. The molecular formula is C21H28N2O2. The molecule has 0 aliphatic carbocycles. The van der Waals surface area contributed by atoms with Gasteiger partial charge < -0.3 is 4.74 Å². The van der Waals surface area contributed by atoms with Gasteiger partial charge in [0, 0.05) is 12.4 Å². The third-order valence-electron chi connectivity index (χ3n) is 4.19. The SMILES string of the molecule is CCCCCc1ccc(C(=O)Oc2ncc(CCCCC)cn2)cc1. The summed E-state index contributed by atoms with van der Waals surface area (Å²) in [6.07, 6.45) is 12.6. The number of carbonyl (C=O) groups excluding carboxylic acids is 1. The van der Waals surface area contributed by atoms with E-state index in [0.717, 1.165) is 24.8 Å². The highest BCUT2D eigenvalue weighted by Gasteiger charge is 2.10. The van der Waals surface area contributed by atoms with E-state index >= 15 is 0 Å². The molecule has 0 saturated heterocycles. The third kappa shape index (κ3) is 6.65. The minimum atomic E-state index is -0.418. The van der Waals surface area contributed by atoms with Crippen molar-refractivity contribution in [3.63, 3.8) is 0 Å². The maximum Gasteiger partial charge on any atom is 0.345 e. The van der Waals surface area contributed by atoms with Crippen LogP contribution in [-0.4, -0.2) is 15.9 Å². The molecule has 0 saturated carbocycles. The Morgan fingerprint density at radius 2 is 1.40 bits per heavy atom. The second-order valence-electron chi connectivity index (χ2n) is 6.37. The summed E-state index contributed by atoms with van der Waals surface area (Å²) in [4.78, 5) is 20.5. The predicted molar refractivity (Wildman–Crippen MR) is 99.9 cm³/mol. The minimum absolute atomic E-state index is 0.108. The predicted octanol–water partition coefficient (Wildman–Crippen LogP) is 5.16. The summed E-state index contributed by atoms with van der Waals surface area (Å²) in [6.45, 7) is 4.37. The molecule has 0 aliphatic heterocycles. The monoisotopic (exact) mass is 340 g/mol. The third-order valence-corrected chi connectivity index (χ3v) is 4.19. The highest BCUT2D eigenvalue weighted by molar-refractivity contribution is 5.90. The number of hydrogen-bond donors (Lipinski definition) is 0. The van der Waals surface area contributed by atoms with Gasteiger partial charge in [-0.25, -0.2) is 14.8 Å². The summed E-state index contributed by atoms with van der Waals surface area (Å²) in [7, 11) is 0. The number of benzene rings is 1. The Morgan fingerprint density at radius 3 is 1.96 bits per heavy atom. The first kappa shape index (κ1) is 19.1. The van der Waals surface area contributed by atoms with E-state index in [0.29, 0.717) is 5.56 Å². The molecule has 0 unspecified atom stereocenters. The van der Waals surface area contributed by atoms with Crippen molar-refractivity contribution < 1.29 is 9.53 Å². The van der Waals surface area contributed by atoms with E-state index in [9.17, 15) is 4.79 Å². The summed E-state index contributed by atoms with van der Waals surface area (Å²) in [5, 5.41) is 0. The quantitative estimate of drug-likeness (QED) is 0.443. The first-order valence-electron chi connectivity index (χ1n) is 9.35. The van der Waals surface area contributed by atoms with Gasteiger partial charge in [-0.2, -0.15) is 0 Å². The summed E-state index contributed by atoms with van der Waals surface area (Å²) >= 11 is 0. The summed E-state index contributed by atoms with van der Waals surface area (Å²) in [5.74, 6) is -0.418. The van der Waals surface area contributed by atoms with Crippen LogP contribution in [-0.2, 0) is 12.8 Å². The second-order valence-corrected chi connectivity index (χ2v) is 6.37. The molecule has 134 valence electrons. The van der Waals surface area contributed by atoms with Crippen molar-refractivity contribution in [1.29, 1.82) is 0 Å². The number of rotatable bonds is 10. The second kappa shape index (κ2) is 10.6. The molecule has 0 radical (unpaired) electrons. The number of esters is 1. The Labute approximate surface area is 150 Å². The van der Waals surface area contributed by atoms with E-state index < -0.39 is 5.97 Å². The van der Waals surface area contributed by atoms with Crippen molar-refractivity contribution in [2.75, 3.05) is 0 Å². The van der Waals surface area contributed by atoms with Crippen molar-refractivity contribution in [3.05, 3.63) is 53.3 Å². The van der Waals surface area contributed by atoms with Gasteiger partial charge in [0.2, 0.25) is 0 Å². The van der Waals surface area contributed by atoms with Gasteiger partial charge >= 0.3 is 12.0 Å². The Kier molecular flexibility index (Phi) is 8.10. The van der Waals surface area contributed by atoms with Crippen LogP contribution in [0.5, 0.6) is 6.01 Å². The number of ether oxygens (including phenoxy) is 1. The summed E-state index contributed by atoms with van der Waals surface area (Å²) in [6, 6.07) is 7.70. The van der Waals surface area contributed by atoms with Crippen molar-refractivity contribution in [3.8, 4) is 6.01 Å². The molecule has 2 rings (SSSR count). The normalized spacial score (nSPS) is 10.6. The van der Waals surface area contributed by atoms with E-state index in [1.165, 1.54) is 37.7 Å². The van der Waals surface area contributed by atoms with Crippen LogP contribution in [0.4, 0.5) is 0 Å². The Bertz CT molecular complexity index is 636. The van der Waals surface area contributed by atoms with Gasteiger partial charge in [0.05, 0.1) is 5.56 Å². The Hall–Kier alpha value is -2.23. The van der Waals surface area contributed by atoms with E-state index in [1.54, 1.807) is 12.4 Å². The molecule has 25 heavy (non-hydrogen) atoms. The smallest absolute Gasteiger partial charge is 0.345 e. The van der Waals surface area contributed by atoms with E-state index in [-0.39, 0.29) is 6.01 Å². The van der Waals surface area contributed by atoms with Crippen LogP contribution in [0.3, 0.4) is 0 Å². The number of hydrogen-bond acceptors (Lipinski definition) is 4. The lowest BCUT2D eigenvalue weighted by Crippen LogP contribution is -2.10. The number of nitrogens with zero attached hydrogens (tertiary/aromatic N) is 2. The van der Waals surface area contributed by atoms with Crippen LogP contribution >= 0.6 is 0 Å². The largest absolute Gasteiger partial charge is 0.387 e. The zero-order valence-electron chi connectivity index (χ0n) is 15.3. The average molecular weight is 340 g/mol. The highest BCUT2D eigenvalue weighted by Crippen LogP contribution is 2.12. The zero-order valence-corrected chi connectivity index (χ0v) is 15.3. The van der Waals surface area contributed by atoms with Crippen molar-refractivity contribution >= 4 is 5.97 Å². The van der Waals surface area contributed by atoms with Gasteiger partial charge in [0.1, 0.15) is 0 Å². The molecule has 0 fully saturated rings. The van der Waals surface area contributed by atoms with Gasteiger partial charge in [-0.05, 0) is 48.9 Å². The molecule has 4 nitrogen and oxygen atoms in total. The molecule has 0 aliphatic rings. The van der Waals surface area contributed by atoms with Crippen LogP contribution in [0.1, 0.15) is 73.9 Å². The fraction of sp³-hybridized carbons (Fsp3) is 0.476. The lowest BCUT2D eigenvalue weighted by molar-refractivity contribution is 0.0719.